The molecule has 6 rings (SSSR count). The van der Waals surface area contributed by atoms with Crippen molar-refractivity contribution in [2.45, 2.75) is 139 Å². The molecule has 29 heteroatoms. The summed E-state index contributed by atoms with van der Waals surface area (Å²) >= 11 is 0. The van der Waals surface area contributed by atoms with Crippen molar-refractivity contribution in [3.63, 3.8) is 0 Å². The number of aromatic nitrogens is 3. The third-order valence-corrected chi connectivity index (χ3v) is 14.3. The van der Waals surface area contributed by atoms with Crippen LogP contribution >= 0.6 is 0 Å². The zero-order valence-corrected chi connectivity index (χ0v) is 47.3. The van der Waals surface area contributed by atoms with Crippen molar-refractivity contribution in [3.05, 3.63) is 84.1 Å². The molecular weight excluding hydrogens is 1100 g/mol. The summed E-state index contributed by atoms with van der Waals surface area (Å²) in [7, 11) is 0. The number of benzene rings is 2. The summed E-state index contributed by atoms with van der Waals surface area (Å²) in [6.07, 6.45) is 5.04. The molecule has 10 amide bonds. The molecule has 2 aliphatic rings. The maximum atomic E-state index is 14.4. The number of imidazole rings is 1. The number of aliphatic imine (C=N–C) groups is 1. The zero-order chi connectivity index (χ0) is 61.7. The average molecular weight is 1180 g/mol. The summed E-state index contributed by atoms with van der Waals surface area (Å²) in [4.78, 5) is 164. The van der Waals surface area contributed by atoms with E-state index < -0.39 is 115 Å². The van der Waals surface area contributed by atoms with Crippen LogP contribution < -0.4 is 59.7 Å². The number of primary amides is 1. The van der Waals surface area contributed by atoms with Crippen LogP contribution in [0.4, 0.5) is 0 Å². The van der Waals surface area contributed by atoms with E-state index >= 15 is 0 Å². The number of ketones is 1. The van der Waals surface area contributed by atoms with Crippen molar-refractivity contribution < 1.29 is 63.0 Å². The van der Waals surface area contributed by atoms with Crippen LogP contribution in [0.2, 0.25) is 0 Å². The number of aliphatic hydroxyl groups is 1. The minimum atomic E-state index is -1.75. The van der Waals surface area contributed by atoms with E-state index in [0.717, 1.165) is 0 Å². The number of nitrogens with two attached hydrogens (primary N) is 3. The second-order valence-electron chi connectivity index (χ2n) is 21.4. The van der Waals surface area contributed by atoms with Crippen molar-refractivity contribution in [2.75, 3.05) is 26.2 Å². The fourth-order valence-electron chi connectivity index (χ4n) is 9.98. The SMILES string of the molecule is CC(C)CC(NC(=O)CNC(=O)C(Cc1ccc(O)cc1)NC(=O)C(CO)NC(=O)C(Cc1c[nH]c2ccccc12)NC(=O)C(Cc1cnc[nH]1)NC(=O)C1CCC(=O)N1)C(=O)NC(CCCN=C(N)N)C(=O)N1CCCC1C(=O)CCC(N)=O. The number of aliphatic hydroxyl groups excluding tert-OH is 1. The molecule has 2 saturated heterocycles. The average Bonchev–Trinajstić information content (AvgIpc) is 4.32. The number of Topliss-reactive ketones (excluding diaryl/α,β-unsaturated/α-hetero) is 1. The van der Waals surface area contributed by atoms with Crippen molar-refractivity contribution in [1.82, 2.24) is 62.4 Å². The number of aromatic hydroxyl groups is 1. The number of fused-ring (bicyclic) bond motifs is 1. The van der Waals surface area contributed by atoms with Gasteiger partial charge in [-0.1, -0.05) is 44.2 Å². The first kappa shape index (κ1) is 64.8. The molecule has 8 unspecified atom stereocenters. The van der Waals surface area contributed by atoms with Gasteiger partial charge in [0.15, 0.2) is 11.7 Å². The highest BCUT2D eigenvalue weighted by molar-refractivity contribution is 5.99. The number of hydrogen-bond acceptors (Lipinski definition) is 15. The molecular formula is C56H76N16O13. The molecule has 458 valence electrons. The number of carbonyl (C=O) groups is 11. The van der Waals surface area contributed by atoms with E-state index in [0.29, 0.717) is 40.6 Å². The van der Waals surface area contributed by atoms with Gasteiger partial charge >= 0.3 is 0 Å². The van der Waals surface area contributed by atoms with Gasteiger partial charge in [0.1, 0.15) is 48.0 Å². The molecule has 2 aromatic heterocycles. The van der Waals surface area contributed by atoms with Crippen LogP contribution in [-0.2, 0) is 72.0 Å². The molecule has 2 aliphatic heterocycles. The summed E-state index contributed by atoms with van der Waals surface area (Å²) in [5.74, 6) is -8.40. The number of rotatable bonds is 32. The number of phenolic OH excluding ortho intramolecular Hbond substituents is 1. The molecule has 18 N–H and O–H groups in total. The van der Waals surface area contributed by atoms with Crippen LogP contribution in [0, 0.1) is 5.92 Å². The Hall–Kier alpha value is -9.41. The van der Waals surface area contributed by atoms with E-state index in [2.05, 4.69) is 62.5 Å². The standard InChI is InChI=1S/C56H76N16O13/c1-30(2)21-39(51(81)67-38(9-5-19-61-56(58)59)55(85)72-20-6-10-44(72)45(75)16-17-46(57)76)66-48(78)27-63-49(79)40(22-31-11-13-34(74)14-12-31)68-54(84)43(28-73)71-52(82)41(23-32-25-62-36-8-4-3-7-35(32)36)69-53(83)42(24-33-26-60-29-64-33)70-50(80)37-15-18-47(77)65-37/h3-4,7-8,11-14,25-26,29-30,37-44,62,73-74H,5-6,9-10,15-24,27-28H2,1-2H3,(H2,57,76)(H,60,64)(H,63,79)(H,65,77)(H,66,78)(H,67,81)(H,68,84)(H,69,83)(H,70,80)(H,71,82)(H4,58,59,61). The van der Waals surface area contributed by atoms with Crippen LogP contribution in [-0.4, -0.2) is 175 Å². The third-order valence-electron chi connectivity index (χ3n) is 14.3. The quantitative estimate of drug-likeness (QED) is 0.0130. The van der Waals surface area contributed by atoms with E-state index in [9.17, 15) is 63.0 Å². The Morgan fingerprint density at radius 2 is 1.41 bits per heavy atom. The number of carbonyl (C=O) groups excluding carboxylic acids is 11. The Labute approximate surface area is 489 Å². The lowest BCUT2D eigenvalue weighted by Gasteiger charge is -2.30. The number of nitrogens with one attached hydrogen (secondary N) is 10. The van der Waals surface area contributed by atoms with Crippen LogP contribution in [0.3, 0.4) is 0 Å². The van der Waals surface area contributed by atoms with Crippen LogP contribution in [0.5, 0.6) is 5.75 Å². The molecule has 29 nitrogen and oxygen atoms in total. The predicted octanol–water partition coefficient (Wildman–Crippen LogP) is -3.15. The Morgan fingerprint density at radius 3 is 2.06 bits per heavy atom. The van der Waals surface area contributed by atoms with Gasteiger partial charge in [-0.05, 0) is 73.8 Å². The zero-order valence-electron chi connectivity index (χ0n) is 47.3. The van der Waals surface area contributed by atoms with Gasteiger partial charge in [0.05, 0.1) is 25.5 Å². The summed E-state index contributed by atoms with van der Waals surface area (Å²) in [6, 6.07) is 2.55. The lowest BCUT2D eigenvalue weighted by atomic mass is 10.0. The molecule has 4 aromatic rings. The van der Waals surface area contributed by atoms with Gasteiger partial charge in [0, 0.05) is 80.6 Å². The van der Waals surface area contributed by atoms with Crippen molar-refractivity contribution in [3.8, 4) is 5.75 Å². The lowest BCUT2D eigenvalue weighted by Crippen LogP contribution is -2.60. The molecule has 0 spiro atoms. The molecule has 0 radical (unpaired) electrons. The van der Waals surface area contributed by atoms with Crippen molar-refractivity contribution in [2.24, 2.45) is 28.1 Å². The molecule has 0 saturated carbocycles. The fraction of sp³-hybridized carbons (Fsp3) is 0.482. The highest BCUT2D eigenvalue weighted by Crippen LogP contribution is 2.23. The number of amides is 10. The van der Waals surface area contributed by atoms with Gasteiger partial charge in [-0.15, -0.1) is 0 Å². The number of para-hydroxylation sites is 1. The number of guanidine groups is 1. The highest BCUT2D eigenvalue weighted by atomic mass is 16.3. The lowest BCUT2D eigenvalue weighted by molar-refractivity contribution is -0.141. The Morgan fingerprint density at radius 1 is 0.753 bits per heavy atom. The van der Waals surface area contributed by atoms with Crippen LogP contribution in [0.25, 0.3) is 10.9 Å². The van der Waals surface area contributed by atoms with Gasteiger partial charge in [-0.25, -0.2) is 4.98 Å². The van der Waals surface area contributed by atoms with E-state index in [1.807, 2.05) is 0 Å². The number of likely N-dealkylation sites (tertiary alicyclic amines) is 1. The number of hydrogen-bond donors (Lipinski definition) is 15. The number of nitrogens with zero attached hydrogens (tertiary/aromatic N) is 3. The normalized spacial score (nSPS) is 16.8. The smallest absolute Gasteiger partial charge is 0.245 e. The van der Waals surface area contributed by atoms with Gasteiger partial charge in [-0.3, -0.25) is 57.7 Å². The topological polar surface area (TPSA) is 463 Å². The first-order valence-corrected chi connectivity index (χ1v) is 28.0. The van der Waals surface area contributed by atoms with E-state index in [1.54, 1.807) is 44.3 Å². The minimum absolute atomic E-state index is 0.0360. The van der Waals surface area contributed by atoms with Crippen LogP contribution in [0.1, 0.15) is 88.5 Å². The third kappa shape index (κ3) is 19.6. The molecule has 2 aromatic carbocycles. The molecule has 85 heavy (non-hydrogen) atoms. The number of aromatic amines is 2. The highest BCUT2D eigenvalue weighted by Gasteiger charge is 2.39. The Bertz CT molecular complexity index is 3050. The van der Waals surface area contributed by atoms with Gasteiger partial charge in [-0.2, -0.15) is 0 Å². The van der Waals surface area contributed by atoms with Gasteiger partial charge < -0.3 is 84.8 Å². The summed E-state index contributed by atoms with van der Waals surface area (Å²) in [6.45, 7) is 2.15. The summed E-state index contributed by atoms with van der Waals surface area (Å²) in [5.41, 5.74) is 18.4. The van der Waals surface area contributed by atoms with E-state index in [1.165, 1.54) is 41.7 Å². The first-order valence-electron chi connectivity index (χ1n) is 28.0. The van der Waals surface area contributed by atoms with Crippen molar-refractivity contribution in [1.29, 1.82) is 0 Å². The van der Waals surface area contributed by atoms with Gasteiger partial charge in [0.25, 0.3) is 0 Å². The second-order valence-corrected chi connectivity index (χ2v) is 21.4. The Kier molecular flexibility index (Phi) is 23.8. The predicted molar refractivity (Wildman–Crippen MR) is 306 cm³/mol. The fourth-order valence-corrected chi connectivity index (χ4v) is 9.98. The molecule has 8 atom stereocenters. The second kappa shape index (κ2) is 31.3. The molecule has 2 fully saturated rings. The number of H-pyrrole nitrogens is 2. The molecule has 0 bridgehead atoms. The molecule has 0 aliphatic carbocycles. The van der Waals surface area contributed by atoms with E-state index in [-0.39, 0.29) is 107 Å². The van der Waals surface area contributed by atoms with Crippen LogP contribution in [0.15, 0.2) is 72.2 Å². The first-order chi connectivity index (χ1) is 40.6. The van der Waals surface area contributed by atoms with Crippen molar-refractivity contribution >= 4 is 81.7 Å². The molecule has 4 heterocycles. The maximum absolute atomic E-state index is 14.4. The summed E-state index contributed by atoms with van der Waals surface area (Å²) < 4.78 is 0. The largest absolute Gasteiger partial charge is 0.508 e. The monoisotopic (exact) mass is 1180 g/mol. The minimum Gasteiger partial charge on any atom is -0.508 e. The summed E-state index contributed by atoms with van der Waals surface area (Å²) in [5, 5.41) is 42.1. The Balaban J connectivity index is 1.16. The number of phenols is 1. The maximum Gasteiger partial charge on any atom is 0.245 e. The van der Waals surface area contributed by atoms with Gasteiger partial charge in [0.2, 0.25) is 59.1 Å². The van der Waals surface area contributed by atoms with E-state index in [4.69, 9.17) is 17.2 Å².